The van der Waals surface area contributed by atoms with Crippen LogP contribution in [0.4, 0.5) is 17.1 Å². The van der Waals surface area contributed by atoms with Crippen molar-refractivity contribution in [3.05, 3.63) is 80.3 Å². The van der Waals surface area contributed by atoms with Gasteiger partial charge in [0.1, 0.15) is 11.2 Å². The smallest absolute Gasteiger partial charge is 0.293 e. The van der Waals surface area contributed by atoms with Crippen LogP contribution >= 0.6 is 35.4 Å². The molecule has 9 nitrogen and oxygen atoms in total. The van der Waals surface area contributed by atoms with E-state index < -0.39 is 10.8 Å². The first-order chi connectivity index (χ1) is 17.8. The Morgan fingerprint density at radius 1 is 1.08 bits per heavy atom. The molecule has 0 radical (unpaired) electrons. The molecular weight excluding hydrogens is 537 g/mol. The second-order valence-corrected chi connectivity index (χ2v) is 9.64. The molecule has 1 aromatic heterocycles. The highest BCUT2D eigenvalue weighted by molar-refractivity contribution is 7.80. The summed E-state index contributed by atoms with van der Waals surface area (Å²) in [5.74, 6) is -0.273. The number of halogens is 2. The lowest BCUT2D eigenvalue weighted by molar-refractivity contribution is -0.384. The van der Waals surface area contributed by atoms with Crippen molar-refractivity contribution in [3.8, 4) is 11.5 Å². The number of nitro groups is 1. The monoisotopic (exact) mass is 555 g/mol. The van der Waals surface area contributed by atoms with Gasteiger partial charge in [-0.1, -0.05) is 23.2 Å². The van der Waals surface area contributed by atoms with Crippen molar-refractivity contribution in [3.63, 3.8) is 0 Å². The Balaban J connectivity index is 1.31. The molecule has 5 rings (SSSR count). The zero-order valence-electron chi connectivity index (χ0n) is 19.2. The van der Waals surface area contributed by atoms with Gasteiger partial charge in [0.2, 0.25) is 5.89 Å². The maximum absolute atomic E-state index is 12.8. The van der Waals surface area contributed by atoms with E-state index in [0.29, 0.717) is 44.0 Å². The predicted octanol–water partition coefficient (Wildman–Crippen LogP) is 6.44. The first-order valence-electron chi connectivity index (χ1n) is 11.3. The van der Waals surface area contributed by atoms with Gasteiger partial charge in [0, 0.05) is 35.4 Å². The molecule has 3 aromatic carbocycles. The fourth-order valence-electron chi connectivity index (χ4n) is 4.16. The highest BCUT2D eigenvalue weighted by Crippen LogP contribution is 2.34. The van der Waals surface area contributed by atoms with Gasteiger partial charge < -0.3 is 14.6 Å². The van der Waals surface area contributed by atoms with Crippen molar-refractivity contribution in [2.24, 2.45) is 0 Å². The number of fused-ring (bicyclic) bond motifs is 1. The summed E-state index contributed by atoms with van der Waals surface area (Å²) in [7, 11) is 0. The van der Waals surface area contributed by atoms with Crippen LogP contribution < -0.4 is 15.5 Å². The van der Waals surface area contributed by atoms with Crippen LogP contribution in [0.3, 0.4) is 0 Å². The van der Waals surface area contributed by atoms with Crippen molar-refractivity contribution in [1.29, 1.82) is 0 Å². The van der Waals surface area contributed by atoms with Crippen LogP contribution in [-0.2, 0) is 0 Å². The Hall–Kier alpha value is -3.73. The summed E-state index contributed by atoms with van der Waals surface area (Å²) in [4.78, 5) is 30.4. The third-order valence-corrected chi connectivity index (χ3v) is 6.68. The average Bonchev–Trinajstić information content (AvgIpc) is 3.54. The third kappa shape index (κ3) is 5.36. The number of amides is 1. The van der Waals surface area contributed by atoms with Crippen LogP contribution in [0.2, 0.25) is 10.0 Å². The zero-order valence-corrected chi connectivity index (χ0v) is 21.5. The lowest BCUT2D eigenvalue weighted by atomic mass is 10.1. The van der Waals surface area contributed by atoms with Crippen molar-refractivity contribution in [1.82, 2.24) is 10.3 Å². The van der Waals surface area contributed by atoms with Gasteiger partial charge >= 0.3 is 0 Å². The number of aromatic nitrogens is 1. The maximum Gasteiger partial charge on any atom is 0.293 e. The Labute approximate surface area is 226 Å². The van der Waals surface area contributed by atoms with Gasteiger partial charge in [0.05, 0.1) is 15.5 Å². The van der Waals surface area contributed by atoms with E-state index in [9.17, 15) is 14.9 Å². The second kappa shape index (κ2) is 10.3. The normalized spacial score (nSPS) is 13.1. The second-order valence-electron chi connectivity index (χ2n) is 8.39. The van der Waals surface area contributed by atoms with Gasteiger partial charge in [-0.05, 0) is 73.6 Å². The molecular formula is C25H19Cl2N5O4S. The molecule has 0 aliphatic carbocycles. The molecule has 188 valence electrons. The molecule has 1 aliphatic rings. The number of thiocarbonyl (C=S) groups is 1. The van der Waals surface area contributed by atoms with Gasteiger partial charge in [0.25, 0.3) is 11.6 Å². The summed E-state index contributed by atoms with van der Waals surface area (Å²) in [5, 5.41) is 18.1. The molecule has 0 unspecified atom stereocenters. The van der Waals surface area contributed by atoms with Gasteiger partial charge in [-0.3, -0.25) is 20.2 Å². The molecule has 1 saturated heterocycles. The number of carbonyl (C=O) groups is 1. The quantitative estimate of drug-likeness (QED) is 0.164. The lowest BCUT2D eigenvalue weighted by Gasteiger charge is -2.18. The van der Waals surface area contributed by atoms with Crippen LogP contribution in [0.1, 0.15) is 23.2 Å². The van der Waals surface area contributed by atoms with Crippen molar-refractivity contribution in [2.45, 2.75) is 12.8 Å². The van der Waals surface area contributed by atoms with Crippen LogP contribution in [0, 0.1) is 10.1 Å². The molecule has 0 bridgehead atoms. The number of oxazole rings is 1. The van der Waals surface area contributed by atoms with E-state index in [0.717, 1.165) is 25.9 Å². The number of nitro benzene ring substituents is 1. The van der Waals surface area contributed by atoms with E-state index in [-0.39, 0.29) is 16.4 Å². The molecule has 12 heteroatoms. The Morgan fingerprint density at radius 3 is 2.62 bits per heavy atom. The minimum atomic E-state index is -0.571. The minimum absolute atomic E-state index is 0.00823. The summed E-state index contributed by atoms with van der Waals surface area (Å²) in [6.45, 7) is 1.50. The van der Waals surface area contributed by atoms with Crippen LogP contribution in [0.15, 0.2) is 59.0 Å². The van der Waals surface area contributed by atoms with Crippen LogP contribution in [-0.4, -0.2) is 34.0 Å². The number of rotatable bonds is 5. The van der Waals surface area contributed by atoms with Gasteiger partial charge in [-0.25, -0.2) is 4.98 Å². The molecule has 0 saturated carbocycles. The summed E-state index contributed by atoms with van der Waals surface area (Å²) in [5.41, 5.74) is 2.71. The Morgan fingerprint density at radius 2 is 1.86 bits per heavy atom. The summed E-state index contributed by atoms with van der Waals surface area (Å²) in [6.07, 6.45) is 1.96. The average molecular weight is 556 g/mol. The Bertz CT molecular complexity index is 1550. The molecule has 2 N–H and O–H groups in total. The fraction of sp³-hybridized carbons (Fsp3) is 0.160. The molecule has 2 heterocycles. The largest absolute Gasteiger partial charge is 0.436 e. The van der Waals surface area contributed by atoms with Gasteiger partial charge in [0.15, 0.2) is 10.7 Å². The highest BCUT2D eigenvalue weighted by Gasteiger charge is 2.24. The number of hydrogen-bond donors (Lipinski definition) is 2. The highest BCUT2D eigenvalue weighted by atomic mass is 35.5. The number of nitrogens with zero attached hydrogens (tertiary/aromatic N) is 3. The minimum Gasteiger partial charge on any atom is -0.436 e. The van der Waals surface area contributed by atoms with E-state index in [4.69, 9.17) is 39.8 Å². The lowest BCUT2D eigenvalue weighted by Crippen LogP contribution is -2.34. The van der Waals surface area contributed by atoms with Gasteiger partial charge in [-0.2, -0.15) is 0 Å². The van der Waals surface area contributed by atoms with Crippen LogP contribution in [0.25, 0.3) is 22.6 Å². The summed E-state index contributed by atoms with van der Waals surface area (Å²) in [6, 6.07) is 14.5. The number of benzene rings is 3. The molecule has 4 aromatic rings. The molecule has 37 heavy (non-hydrogen) atoms. The van der Waals surface area contributed by atoms with Crippen LogP contribution in [0.5, 0.6) is 0 Å². The zero-order chi connectivity index (χ0) is 26.1. The standard InChI is InChI=1S/C25H19Cl2N5O4S/c26-15-4-8-22-19(12-15)29-24(36-22)17-13-16(5-6-18(17)27)28-25(37)30-23(33)14-3-7-20(21(11-14)32(34)35)31-9-1-2-10-31/h3-8,11-13H,1-2,9-10H2,(H2,28,30,33,37). The molecule has 1 fully saturated rings. The molecule has 0 atom stereocenters. The molecule has 1 aliphatic heterocycles. The van der Waals surface area contributed by atoms with Crippen molar-refractivity contribution in [2.75, 3.05) is 23.3 Å². The van der Waals surface area contributed by atoms with Crippen molar-refractivity contribution >= 4 is 74.6 Å². The predicted molar refractivity (Wildman–Crippen MR) is 148 cm³/mol. The Kier molecular flexibility index (Phi) is 6.96. The summed E-state index contributed by atoms with van der Waals surface area (Å²) < 4.78 is 5.81. The number of nitrogens with one attached hydrogen (secondary N) is 2. The fourth-order valence-corrected chi connectivity index (χ4v) is 4.73. The number of hydrogen-bond acceptors (Lipinski definition) is 7. The maximum atomic E-state index is 12.8. The van der Waals surface area contributed by atoms with Gasteiger partial charge in [-0.15, -0.1) is 0 Å². The SMILES string of the molecule is O=C(NC(=S)Nc1ccc(Cl)c(-c2nc3cc(Cl)ccc3o2)c1)c1ccc(N2CCCC2)c([N+](=O)[O-])c1. The van der Waals surface area contributed by atoms with E-state index in [1.807, 2.05) is 4.90 Å². The first-order valence-corrected chi connectivity index (χ1v) is 12.5. The molecule has 1 amide bonds. The topological polar surface area (TPSA) is 114 Å². The summed E-state index contributed by atoms with van der Waals surface area (Å²) >= 11 is 17.7. The number of anilines is 2. The van der Waals surface area contributed by atoms with Crippen molar-refractivity contribution < 1.29 is 14.1 Å². The van der Waals surface area contributed by atoms with E-state index in [1.165, 1.54) is 6.07 Å². The number of carbonyl (C=O) groups excluding carboxylic acids is 1. The molecule has 0 spiro atoms. The third-order valence-electron chi connectivity index (χ3n) is 5.91. The van der Waals surface area contributed by atoms with E-state index >= 15 is 0 Å². The van der Waals surface area contributed by atoms with E-state index in [2.05, 4.69) is 15.6 Å². The first kappa shape index (κ1) is 24.9. The van der Waals surface area contributed by atoms with E-state index in [1.54, 1.807) is 48.5 Å².